The fourth-order valence-electron chi connectivity index (χ4n) is 2.96. The molecular weight excluding hydrogens is 394 g/mol. The quantitative estimate of drug-likeness (QED) is 0.333. The molecule has 1 amide bonds. The molecule has 2 heterocycles. The molecule has 144 valence electrons. The first-order chi connectivity index (χ1) is 13.9. The van der Waals surface area contributed by atoms with E-state index in [0.717, 1.165) is 0 Å². The number of non-ortho nitro benzene ring substituents is 1. The molecule has 0 saturated heterocycles. The lowest BCUT2D eigenvalue weighted by molar-refractivity contribution is -0.384. The van der Waals surface area contributed by atoms with E-state index in [-0.39, 0.29) is 16.6 Å². The highest BCUT2D eigenvalue weighted by molar-refractivity contribution is 6.33. The van der Waals surface area contributed by atoms with Crippen LogP contribution >= 0.6 is 11.6 Å². The van der Waals surface area contributed by atoms with E-state index >= 15 is 0 Å². The topological polar surface area (TPSA) is 89.0 Å². The first-order valence-corrected chi connectivity index (χ1v) is 9.03. The maximum atomic E-state index is 12.8. The monoisotopic (exact) mass is 407 g/mol. The summed E-state index contributed by atoms with van der Waals surface area (Å²) in [6.45, 7) is 1.75. The summed E-state index contributed by atoms with van der Waals surface area (Å²) in [7, 11) is 0. The van der Waals surface area contributed by atoms with Crippen LogP contribution in [0.2, 0.25) is 5.02 Å². The molecule has 1 aromatic heterocycles. The molecule has 7 nitrogen and oxygen atoms in total. The number of halogens is 1. The van der Waals surface area contributed by atoms with Crippen LogP contribution < -0.4 is 5.01 Å². The van der Waals surface area contributed by atoms with Crippen molar-refractivity contribution in [3.05, 3.63) is 87.1 Å². The number of hydrogen-bond acceptors (Lipinski definition) is 5. The van der Waals surface area contributed by atoms with Crippen LogP contribution in [-0.2, 0) is 4.79 Å². The Morgan fingerprint density at radius 3 is 2.59 bits per heavy atom. The molecule has 0 bridgehead atoms. The minimum Gasteiger partial charge on any atom is -0.457 e. The first kappa shape index (κ1) is 18.6. The lowest BCUT2D eigenvalue weighted by Gasteiger charge is -2.10. The third-order valence-corrected chi connectivity index (χ3v) is 4.72. The second kappa shape index (κ2) is 7.37. The largest absolute Gasteiger partial charge is 0.457 e. The van der Waals surface area contributed by atoms with E-state index in [1.807, 2.05) is 18.2 Å². The highest BCUT2D eigenvalue weighted by atomic mass is 35.5. The van der Waals surface area contributed by atoms with Crippen LogP contribution in [0.3, 0.4) is 0 Å². The summed E-state index contributed by atoms with van der Waals surface area (Å²) in [5, 5.41) is 16.7. The Bertz CT molecular complexity index is 1180. The minimum absolute atomic E-state index is 0.1000. The smallest absolute Gasteiger partial charge is 0.280 e. The zero-order valence-corrected chi connectivity index (χ0v) is 16.0. The van der Waals surface area contributed by atoms with Gasteiger partial charge in [0.05, 0.1) is 26.9 Å². The molecule has 0 saturated carbocycles. The highest BCUT2D eigenvalue weighted by Gasteiger charge is 2.29. The van der Waals surface area contributed by atoms with Crippen LogP contribution in [0.5, 0.6) is 0 Å². The van der Waals surface area contributed by atoms with Gasteiger partial charge in [0.15, 0.2) is 0 Å². The van der Waals surface area contributed by atoms with Crippen molar-refractivity contribution in [1.29, 1.82) is 0 Å². The molecule has 0 spiro atoms. The van der Waals surface area contributed by atoms with Crippen molar-refractivity contribution in [2.45, 2.75) is 6.92 Å². The van der Waals surface area contributed by atoms with E-state index in [2.05, 4.69) is 5.10 Å². The van der Waals surface area contributed by atoms with Crippen LogP contribution in [0.25, 0.3) is 17.4 Å². The number of anilines is 1. The summed E-state index contributed by atoms with van der Waals surface area (Å²) in [6, 6.07) is 16.7. The third-order valence-electron chi connectivity index (χ3n) is 4.41. The molecule has 0 atom stereocenters. The highest BCUT2D eigenvalue weighted by Crippen LogP contribution is 2.33. The maximum absolute atomic E-state index is 12.8. The number of amides is 1. The molecule has 3 aromatic rings. The Balaban J connectivity index is 1.62. The second-order valence-electron chi connectivity index (χ2n) is 6.32. The van der Waals surface area contributed by atoms with Crippen molar-refractivity contribution < 1.29 is 14.1 Å². The number of benzene rings is 2. The summed E-state index contributed by atoms with van der Waals surface area (Å²) in [6.07, 6.45) is 1.62. The first-order valence-electron chi connectivity index (χ1n) is 8.65. The molecule has 1 aliphatic rings. The minimum atomic E-state index is -0.514. The molecule has 2 aromatic carbocycles. The van der Waals surface area contributed by atoms with Gasteiger partial charge in [0.1, 0.15) is 11.5 Å². The van der Waals surface area contributed by atoms with Crippen molar-refractivity contribution in [3.8, 4) is 11.3 Å². The van der Waals surface area contributed by atoms with E-state index in [1.165, 1.54) is 23.2 Å². The van der Waals surface area contributed by atoms with Gasteiger partial charge in [0.2, 0.25) is 0 Å². The summed E-state index contributed by atoms with van der Waals surface area (Å²) in [5.74, 6) is 0.638. The lowest BCUT2D eigenvalue weighted by Crippen LogP contribution is -2.21. The molecule has 29 heavy (non-hydrogen) atoms. The van der Waals surface area contributed by atoms with Gasteiger partial charge in [0, 0.05) is 17.7 Å². The number of carbonyl (C=O) groups is 1. The summed E-state index contributed by atoms with van der Waals surface area (Å²) in [5.41, 5.74) is 2.10. The van der Waals surface area contributed by atoms with E-state index < -0.39 is 4.92 Å². The van der Waals surface area contributed by atoms with E-state index in [1.54, 1.807) is 37.3 Å². The summed E-state index contributed by atoms with van der Waals surface area (Å²) < 4.78 is 5.79. The van der Waals surface area contributed by atoms with Crippen LogP contribution in [-0.4, -0.2) is 16.5 Å². The number of rotatable bonds is 4. The van der Waals surface area contributed by atoms with Crippen molar-refractivity contribution in [1.82, 2.24) is 0 Å². The van der Waals surface area contributed by atoms with Crippen molar-refractivity contribution in [2.75, 3.05) is 5.01 Å². The maximum Gasteiger partial charge on any atom is 0.280 e. The summed E-state index contributed by atoms with van der Waals surface area (Å²) >= 11 is 6.16. The Hall–Kier alpha value is -3.71. The number of hydrazone groups is 1. The SMILES string of the molecule is CC1=NN(c2ccccc2)C(=O)/C1=C/c1ccc(-c2ccc([N+](=O)[O-])cc2Cl)o1. The Morgan fingerprint density at radius 2 is 1.90 bits per heavy atom. The molecule has 0 unspecified atom stereocenters. The molecule has 1 aliphatic heterocycles. The van der Waals surface area contributed by atoms with Gasteiger partial charge in [-0.1, -0.05) is 29.8 Å². The third kappa shape index (κ3) is 3.55. The van der Waals surface area contributed by atoms with Crippen LogP contribution in [0, 0.1) is 10.1 Å². The molecular formula is C21H14ClN3O4. The molecule has 4 rings (SSSR count). The number of furan rings is 1. The zero-order chi connectivity index (χ0) is 20.5. The second-order valence-corrected chi connectivity index (χ2v) is 6.73. The van der Waals surface area contributed by atoms with Gasteiger partial charge >= 0.3 is 0 Å². The van der Waals surface area contributed by atoms with Gasteiger partial charge < -0.3 is 4.42 Å². The predicted octanol–water partition coefficient (Wildman–Crippen LogP) is 5.31. The van der Waals surface area contributed by atoms with E-state index in [9.17, 15) is 14.9 Å². The normalized spacial score (nSPS) is 15.1. The van der Waals surface area contributed by atoms with Crippen LogP contribution in [0.1, 0.15) is 12.7 Å². The van der Waals surface area contributed by atoms with Gasteiger partial charge in [-0.2, -0.15) is 10.1 Å². The molecule has 0 aliphatic carbocycles. The zero-order valence-electron chi connectivity index (χ0n) is 15.2. The number of carbonyl (C=O) groups excluding carboxylic acids is 1. The number of hydrogen-bond donors (Lipinski definition) is 0. The van der Waals surface area contributed by atoms with E-state index in [0.29, 0.717) is 34.1 Å². The average molecular weight is 408 g/mol. The van der Waals surface area contributed by atoms with Gasteiger partial charge in [0.25, 0.3) is 11.6 Å². The Kier molecular flexibility index (Phi) is 4.74. The fourth-order valence-corrected chi connectivity index (χ4v) is 3.23. The van der Waals surface area contributed by atoms with Crippen molar-refractivity contribution in [3.63, 3.8) is 0 Å². The number of nitro groups is 1. The fraction of sp³-hybridized carbons (Fsp3) is 0.0476. The van der Waals surface area contributed by atoms with Crippen molar-refractivity contribution in [2.24, 2.45) is 5.10 Å². The number of nitrogens with zero attached hydrogens (tertiary/aromatic N) is 3. The number of para-hydroxylation sites is 1. The lowest BCUT2D eigenvalue weighted by atomic mass is 10.1. The van der Waals surface area contributed by atoms with E-state index in [4.69, 9.17) is 16.0 Å². The van der Waals surface area contributed by atoms with Gasteiger partial charge in [-0.05, 0) is 43.3 Å². The van der Waals surface area contributed by atoms with Crippen molar-refractivity contribution >= 4 is 40.7 Å². The molecule has 8 heteroatoms. The predicted molar refractivity (Wildman–Crippen MR) is 111 cm³/mol. The van der Waals surface area contributed by atoms with Gasteiger partial charge in [-0.15, -0.1) is 0 Å². The average Bonchev–Trinajstić information content (AvgIpc) is 3.28. The Morgan fingerprint density at radius 1 is 1.14 bits per heavy atom. The molecule has 0 N–H and O–H groups in total. The van der Waals surface area contributed by atoms with Crippen LogP contribution in [0.15, 0.2) is 75.8 Å². The van der Waals surface area contributed by atoms with Gasteiger partial charge in [-0.25, -0.2) is 0 Å². The molecule has 0 fully saturated rings. The van der Waals surface area contributed by atoms with Crippen LogP contribution in [0.4, 0.5) is 11.4 Å². The standard InChI is InChI=1S/C21H14ClN3O4/c1-13-18(21(26)24(23-13)14-5-3-2-4-6-14)12-16-8-10-20(29-16)17-9-7-15(25(27)28)11-19(17)22/h2-12H,1H3/b18-12+. The van der Waals surface area contributed by atoms with Gasteiger partial charge in [-0.3, -0.25) is 14.9 Å². The Labute approximate surface area is 170 Å². The number of nitro benzene ring substituents is 1. The summed E-state index contributed by atoms with van der Waals surface area (Å²) in [4.78, 5) is 23.1. The molecule has 0 radical (unpaired) electrons.